The molecule has 0 aliphatic carbocycles. The van der Waals surface area contributed by atoms with Crippen molar-refractivity contribution >= 4 is 23.4 Å². The van der Waals surface area contributed by atoms with Crippen LogP contribution >= 0.6 is 0 Å². The molecular formula is C21H22F3N7O. The van der Waals surface area contributed by atoms with Crippen molar-refractivity contribution in [2.24, 2.45) is 0 Å². The number of hydrogen-bond acceptors (Lipinski definition) is 6. The van der Waals surface area contributed by atoms with Gasteiger partial charge in [0.25, 0.3) is 0 Å². The Balaban J connectivity index is 1.48. The summed E-state index contributed by atoms with van der Waals surface area (Å²) in [6, 6.07) is 1.55. The number of nitrogens with zero attached hydrogens (tertiary/aromatic N) is 6. The third-order valence-corrected chi connectivity index (χ3v) is 5.50. The van der Waals surface area contributed by atoms with Gasteiger partial charge in [0, 0.05) is 32.4 Å². The number of halogens is 3. The van der Waals surface area contributed by atoms with Crippen molar-refractivity contribution in [1.82, 2.24) is 19.7 Å². The number of aryl methyl sites for hydroxylation is 1. The van der Waals surface area contributed by atoms with Crippen LogP contribution in [0.4, 0.5) is 30.6 Å². The molecule has 0 fully saturated rings. The van der Waals surface area contributed by atoms with E-state index in [1.807, 2.05) is 25.8 Å². The van der Waals surface area contributed by atoms with Gasteiger partial charge in [0.05, 0.1) is 18.4 Å². The van der Waals surface area contributed by atoms with Crippen LogP contribution in [0, 0.1) is 24.4 Å². The molecule has 1 aliphatic heterocycles. The van der Waals surface area contributed by atoms with Crippen LogP contribution in [-0.4, -0.2) is 45.8 Å². The van der Waals surface area contributed by atoms with E-state index < -0.39 is 17.5 Å². The standard InChI is InChI=1S/C21H22F3N7O/c1-11-18-19(29(3)12(2)20(32)30(18)4)28-21(27-11)25-7-14-8-26-31(10-14)9-13-5-15(22)17(24)16(23)6-13/h5-6,8,10,12H,7,9H2,1-4H3,(H,25,27,28). The van der Waals surface area contributed by atoms with E-state index in [2.05, 4.69) is 20.4 Å². The number of fused-ring (bicyclic) bond motifs is 1. The average Bonchev–Trinajstić information content (AvgIpc) is 3.19. The molecule has 1 aliphatic rings. The van der Waals surface area contributed by atoms with Crippen molar-refractivity contribution < 1.29 is 18.0 Å². The lowest BCUT2D eigenvalue weighted by Gasteiger charge is -2.37. The van der Waals surface area contributed by atoms with Crippen LogP contribution in [-0.2, 0) is 17.9 Å². The molecule has 168 valence electrons. The average molecular weight is 445 g/mol. The summed E-state index contributed by atoms with van der Waals surface area (Å²) in [7, 11) is 3.52. The summed E-state index contributed by atoms with van der Waals surface area (Å²) in [5.74, 6) is -2.93. The maximum absolute atomic E-state index is 13.4. The Labute approximate surface area is 182 Å². The Morgan fingerprint density at radius 2 is 1.78 bits per heavy atom. The Morgan fingerprint density at radius 3 is 2.47 bits per heavy atom. The maximum Gasteiger partial charge on any atom is 0.249 e. The number of anilines is 3. The summed E-state index contributed by atoms with van der Waals surface area (Å²) in [5, 5.41) is 7.32. The van der Waals surface area contributed by atoms with Crippen molar-refractivity contribution in [1.29, 1.82) is 0 Å². The first-order valence-corrected chi connectivity index (χ1v) is 9.93. The van der Waals surface area contributed by atoms with E-state index in [4.69, 9.17) is 0 Å². The zero-order chi connectivity index (χ0) is 23.2. The summed E-state index contributed by atoms with van der Waals surface area (Å²) in [5.41, 5.74) is 2.39. The molecule has 4 rings (SSSR count). The van der Waals surface area contributed by atoms with Gasteiger partial charge >= 0.3 is 0 Å². The highest BCUT2D eigenvalue weighted by atomic mass is 19.2. The van der Waals surface area contributed by atoms with Crippen molar-refractivity contribution in [3.05, 3.63) is 58.8 Å². The lowest BCUT2D eigenvalue weighted by atomic mass is 10.1. The fraction of sp³-hybridized carbons (Fsp3) is 0.333. The minimum atomic E-state index is -1.49. The smallest absolute Gasteiger partial charge is 0.249 e. The van der Waals surface area contributed by atoms with Crippen molar-refractivity contribution in [2.45, 2.75) is 33.0 Å². The molecule has 3 aromatic rings. The van der Waals surface area contributed by atoms with Gasteiger partial charge in [-0.05, 0) is 31.5 Å². The fourth-order valence-electron chi connectivity index (χ4n) is 3.66. The molecule has 8 nitrogen and oxygen atoms in total. The molecule has 3 heterocycles. The number of nitrogens with one attached hydrogen (secondary N) is 1. The third-order valence-electron chi connectivity index (χ3n) is 5.50. The van der Waals surface area contributed by atoms with Crippen molar-refractivity contribution in [3.8, 4) is 0 Å². The first-order valence-electron chi connectivity index (χ1n) is 9.93. The van der Waals surface area contributed by atoms with E-state index in [-0.39, 0.29) is 24.1 Å². The highest BCUT2D eigenvalue weighted by Crippen LogP contribution is 2.35. The lowest BCUT2D eigenvalue weighted by Crippen LogP contribution is -2.49. The van der Waals surface area contributed by atoms with E-state index in [1.54, 1.807) is 24.3 Å². The quantitative estimate of drug-likeness (QED) is 0.609. The minimum absolute atomic E-state index is 0.0271. The number of carbonyl (C=O) groups excluding carboxylic acids is 1. The van der Waals surface area contributed by atoms with Gasteiger partial charge in [-0.2, -0.15) is 10.1 Å². The molecule has 0 saturated heterocycles. The van der Waals surface area contributed by atoms with Gasteiger partial charge in [0.2, 0.25) is 11.9 Å². The van der Waals surface area contributed by atoms with Crippen molar-refractivity contribution in [3.63, 3.8) is 0 Å². The Bertz CT molecular complexity index is 1170. The largest absolute Gasteiger partial charge is 0.350 e. The van der Waals surface area contributed by atoms with Gasteiger partial charge in [0.1, 0.15) is 11.7 Å². The molecule has 0 bridgehead atoms. The molecule has 11 heteroatoms. The number of amides is 1. The molecule has 1 aromatic carbocycles. The summed E-state index contributed by atoms with van der Waals surface area (Å²) >= 11 is 0. The normalized spacial score (nSPS) is 15.8. The molecular weight excluding hydrogens is 423 g/mol. The zero-order valence-corrected chi connectivity index (χ0v) is 18.0. The number of likely N-dealkylation sites (N-methyl/N-ethyl adjacent to an activating group) is 2. The van der Waals surface area contributed by atoms with E-state index in [9.17, 15) is 18.0 Å². The first kappa shape index (κ1) is 21.6. The fourth-order valence-corrected chi connectivity index (χ4v) is 3.66. The zero-order valence-electron chi connectivity index (χ0n) is 18.0. The number of aromatic nitrogens is 4. The number of rotatable bonds is 5. The topological polar surface area (TPSA) is 79.2 Å². The first-order chi connectivity index (χ1) is 15.2. The predicted octanol–water partition coefficient (Wildman–Crippen LogP) is 2.86. The van der Waals surface area contributed by atoms with E-state index in [0.717, 1.165) is 17.7 Å². The van der Waals surface area contributed by atoms with Gasteiger partial charge in [-0.15, -0.1) is 0 Å². The molecule has 1 amide bonds. The van der Waals surface area contributed by atoms with Crippen LogP contribution in [0.3, 0.4) is 0 Å². The van der Waals surface area contributed by atoms with Crippen LogP contribution in [0.2, 0.25) is 0 Å². The monoisotopic (exact) mass is 445 g/mol. The molecule has 0 radical (unpaired) electrons. The van der Waals surface area contributed by atoms with Gasteiger partial charge in [0.15, 0.2) is 23.3 Å². The second-order valence-corrected chi connectivity index (χ2v) is 7.76. The lowest BCUT2D eigenvalue weighted by molar-refractivity contribution is -0.119. The highest BCUT2D eigenvalue weighted by Gasteiger charge is 2.34. The number of benzene rings is 1. The van der Waals surface area contributed by atoms with E-state index >= 15 is 0 Å². The SMILES string of the molecule is Cc1nc(NCc2cnn(Cc3cc(F)c(F)c(F)c3)c2)nc2c1N(C)C(=O)C(C)N2C. The summed E-state index contributed by atoms with van der Waals surface area (Å²) in [4.78, 5) is 24.8. The van der Waals surface area contributed by atoms with Crippen LogP contribution in [0.25, 0.3) is 0 Å². The molecule has 0 saturated carbocycles. The second kappa shape index (κ2) is 8.13. The van der Waals surface area contributed by atoms with Crippen LogP contribution in [0.1, 0.15) is 23.7 Å². The van der Waals surface area contributed by atoms with Gasteiger partial charge < -0.3 is 15.1 Å². The summed E-state index contributed by atoms with van der Waals surface area (Å²) in [6.45, 7) is 4.09. The molecule has 32 heavy (non-hydrogen) atoms. The summed E-state index contributed by atoms with van der Waals surface area (Å²) in [6.07, 6.45) is 3.31. The molecule has 1 unspecified atom stereocenters. The maximum atomic E-state index is 13.4. The predicted molar refractivity (Wildman–Crippen MR) is 113 cm³/mol. The molecule has 2 aromatic heterocycles. The highest BCUT2D eigenvalue weighted by molar-refractivity contribution is 6.04. The number of hydrogen-bond donors (Lipinski definition) is 1. The molecule has 1 N–H and O–H groups in total. The second-order valence-electron chi connectivity index (χ2n) is 7.76. The van der Waals surface area contributed by atoms with Gasteiger partial charge in [-0.1, -0.05) is 0 Å². The molecule has 0 spiro atoms. The third kappa shape index (κ3) is 3.85. The van der Waals surface area contributed by atoms with Gasteiger partial charge in [-0.25, -0.2) is 18.2 Å². The Morgan fingerprint density at radius 1 is 1.09 bits per heavy atom. The number of carbonyl (C=O) groups is 1. The van der Waals surface area contributed by atoms with Gasteiger partial charge in [-0.3, -0.25) is 9.48 Å². The van der Waals surface area contributed by atoms with E-state index in [0.29, 0.717) is 29.7 Å². The minimum Gasteiger partial charge on any atom is -0.350 e. The Kier molecular flexibility index (Phi) is 5.49. The van der Waals surface area contributed by atoms with E-state index in [1.165, 1.54) is 4.68 Å². The van der Waals surface area contributed by atoms with Crippen LogP contribution in [0.15, 0.2) is 24.5 Å². The van der Waals surface area contributed by atoms with Crippen LogP contribution < -0.4 is 15.1 Å². The summed E-state index contributed by atoms with van der Waals surface area (Å²) < 4.78 is 41.4. The Hall–Kier alpha value is -3.63. The van der Waals surface area contributed by atoms with Crippen LogP contribution in [0.5, 0.6) is 0 Å². The van der Waals surface area contributed by atoms with Crippen molar-refractivity contribution in [2.75, 3.05) is 29.2 Å². The molecule has 1 atom stereocenters.